The molecule has 0 aromatic heterocycles. The maximum absolute atomic E-state index is 6.63. The van der Waals surface area contributed by atoms with E-state index in [0.717, 1.165) is 19.3 Å². The Labute approximate surface area is 183 Å². The van der Waals surface area contributed by atoms with Crippen LogP contribution in [0.2, 0.25) is 0 Å². The fourth-order valence-electron chi connectivity index (χ4n) is 5.46. The second kappa shape index (κ2) is 8.95. The predicted molar refractivity (Wildman–Crippen MR) is 115 cm³/mol. The summed E-state index contributed by atoms with van der Waals surface area (Å²) in [4.78, 5) is 0. The predicted octanol–water partition coefficient (Wildman–Crippen LogP) is 4.89. The summed E-state index contributed by atoms with van der Waals surface area (Å²) in [5, 5.41) is 0. The molecule has 7 unspecified atom stereocenters. The summed E-state index contributed by atoms with van der Waals surface area (Å²) in [5.74, 6) is -0.544. The van der Waals surface area contributed by atoms with Crippen LogP contribution in [0.15, 0.2) is 0 Å². The summed E-state index contributed by atoms with van der Waals surface area (Å²) in [7, 11) is 0. The molecule has 0 aromatic carbocycles. The Morgan fingerprint density at radius 2 is 0.900 bits per heavy atom. The molecule has 176 valence electrons. The van der Waals surface area contributed by atoms with E-state index in [2.05, 4.69) is 41.5 Å². The van der Waals surface area contributed by atoms with Crippen LogP contribution in [0.1, 0.15) is 81.6 Å². The van der Waals surface area contributed by atoms with Crippen LogP contribution in [0.5, 0.6) is 0 Å². The lowest BCUT2D eigenvalue weighted by molar-refractivity contribution is -0.425. The third kappa shape index (κ3) is 5.76. The zero-order valence-corrected chi connectivity index (χ0v) is 20.5. The van der Waals surface area contributed by atoms with Crippen LogP contribution in [-0.4, -0.2) is 55.0 Å². The second-order valence-electron chi connectivity index (χ2n) is 11.3. The molecule has 30 heavy (non-hydrogen) atoms. The Morgan fingerprint density at radius 3 is 1.33 bits per heavy atom. The molecule has 0 radical (unpaired) electrons. The lowest BCUT2D eigenvalue weighted by Gasteiger charge is -2.54. The maximum Gasteiger partial charge on any atom is 0.167 e. The normalized spacial score (nSPS) is 44.8. The van der Waals surface area contributed by atoms with Gasteiger partial charge in [-0.15, -0.1) is 0 Å². The molecule has 0 saturated carbocycles. The number of hydrogen-bond donors (Lipinski definition) is 0. The average molecular weight is 429 g/mol. The molecule has 6 heteroatoms. The van der Waals surface area contributed by atoms with Gasteiger partial charge in [-0.2, -0.15) is 0 Å². The minimum Gasteiger partial charge on any atom is -0.347 e. The molecule has 3 rings (SSSR count). The van der Waals surface area contributed by atoms with Crippen LogP contribution in [0, 0.1) is 17.8 Å². The van der Waals surface area contributed by atoms with Crippen molar-refractivity contribution in [3.05, 3.63) is 0 Å². The minimum absolute atomic E-state index is 0.187. The van der Waals surface area contributed by atoms with Gasteiger partial charge in [0.15, 0.2) is 17.4 Å². The van der Waals surface area contributed by atoms with Crippen LogP contribution < -0.4 is 0 Å². The van der Waals surface area contributed by atoms with Gasteiger partial charge in [-0.1, -0.05) is 41.5 Å². The van der Waals surface area contributed by atoms with Crippen LogP contribution >= 0.6 is 0 Å². The number of ether oxygens (including phenoxy) is 6. The highest BCUT2D eigenvalue weighted by Gasteiger charge is 2.56. The summed E-state index contributed by atoms with van der Waals surface area (Å²) in [5.41, 5.74) is 0. The zero-order valence-electron chi connectivity index (χ0n) is 20.5. The van der Waals surface area contributed by atoms with E-state index in [9.17, 15) is 0 Å². The fraction of sp³-hybridized carbons (Fsp3) is 1.00. The van der Waals surface area contributed by atoms with Crippen LogP contribution in [0.25, 0.3) is 0 Å². The number of hydrogen-bond acceptors (Lipinski definition) is 6. The molecule has 0 N–H and O–H groups in total. The van der Waals surface area contributed by atoms with Crippen LogP contribution in [-0.2, 0) is 28.4 Å². The summed E-state index contributed by atoms with van der Waals surface area (Å²) in [6.45, 7) is 20.2. The highest BCUT2D eigenvalue weighted by atomic mass is 16.8. The second-order valence-corrected chi connectivity index (χ2v) is 11.3. The molecule has 3 aliphatic rings. The Balaban J connectivity index is 1.82. The van der Waals surface area contributed by atoms with Crippen molar-refractivity contribution in [1.29, 1.82) is 0 Å². The smallest absolute Gasteiger partial charge is 0.167 e. The molecular weight excluding hydrogens is 384 g/mol. The first-order valence-corrected chi connectivity index (χ1v) is 11.8. The van der Waals surface area contributed by atoms with Crippen LogP contribution in [0.3, 0.4) is 0 Å². The minimum atomic E-state index is -0.696. The molecule has 0 amide bonds. The van der Waals surface area contributed by atoms with E-state index in [4.69, 9.17) is 28.4 Å². The Kier molecular flexibility index (Phi) is 7.28. The molecule has 0 bridgehead atoms. The van der Waals surface area contributed by atoms with Gasteiger partial charge in [-0.05, 0) is 38.5 Å². The Bertz CT molecular complexity index is 580. The monoisotopic (exact) mass is 428 g/mol. The van der Waals surface area contributed by atoms with E-state index < -0.39 is 17.4 Å². The van der Waals surface area contributed by atoms with Gasteiger partial charge in [0.25, 0.3) is 0 Å². The highest BCUT2D eigenvalue weighted by molar-refractivity contribution is 4.97. The maximum atomic E-state index is 6.63. The average Bonchev–Trinajstić information content (AvgIpc) is 2.93. The van der Waals surface area contributed by atoms with Gasteiger partial charge in [0, 0.05) is 19.3 Å². The third-order valence-corrected chi connectivity index (χ3v) is 6.07. The fourth-order valence-corrected chi connectivity index (χ4v) is 5.46. The lowest BCUT2D eigenvalue weighted by atomic mass is 9.94. The highest BCUT2D eigenvalue weighted by Crippen LogP contribution is 2.43. The van der Waals surface area contributed by atoms with Crippen molar-refractivity contribution in [2.45, 2.75) is 123 Å². The van der Waals surface area contributed by atoms with E-state index in [1.807, 2.05) is 20.8 Å². The molecule has 3 fully saturated rings. The topological polar surface area (TPSA) is 55.4 Å². The van der Waals surface area contributed by atoms with E-state index in [1.54, 1.807) is 0 Å². The van der Waals surface area contributed by atoms with Gasteiger partial charge < -0.3 is 28.4 Å². The van der Waals surface area contributed by atoms with Gasteiger partial charge in [0.1, 0.15) is 24.4 Å². The molecule has 3 saturated heterocycles. The molecule has 3 heterocycles. The van der Waals surface area contributed by atoms with E-state index >= 15 is 0 Å². The van der Waals surface area contributed by atoms with Crippen molar-refractivity contribution in [1.82, 2.24) is 0 Å². The summed E-state index contributed by atoms with van der Waals surface area (Å²) >= 11 is 0. The molecule has 0 spiro atoms. The Hall–Kier alpha value is -0.240. The van der Waals surface area contributed by atoms with Gasteiger partial charge in [0.05, 0.1) is 13.2 Å². The van der Waals surface area contributed by atoms with E-state index in [-0.39, 0.29) is 24.4 Å². The first-order chi connectivity index (χ1) is 13.8. The standard InChI is InChI=1S/C24H44O6/c1-15(2)10-22(7)25-13-18(27-22)21-20-19(28-24(9,30-21)12-17(5)6)14-26-23(8,29-20)11-16(3)4/h15-21H,10-14H2,1-9H3. The molecular formula is C24H44O6. The van der Waals surface area contributed by atoms with Crippen molar-refractivity contribution >= 4 is 0 Å². The van der Waals surface area contributed by atoms with Crippen molar-refractivity contribution in [2.24, 2.45) is 17.8 Å². The molecule has 0 aliphatic carbocycles. The molecule has 0 aromatic rings. The van der Waals surface area contributed by atoms with E-state index in [1.165, 1.54) is 0 Å². The van der Waals surface area contributed by atoms with Crippen LogP contribution in [0.4, 0.5) is 0 Å². The Morgan fingerprint density at radius 1 is 0.567 bits per heavy atom. The first-order valence-electron chi connectivity index (χ1n) is 11.8. The van der Waals surface area contributed by atoms with Crippen molar-refractivity contribution in [2.75, 3.05) is 13.2 Å². The van der Waals surface area contributed by atoms with Gasteiger partial charge in [-0.3, -0.25) is 0 Å². The number of fused-ring (bicyclic) bond motifs is 1. The quantitative estimate of drug-likeness (QED) is 0.576. The third-order valence-electron chi connectivity index (χ3n) is 6.07. The zero-order chi connectivity index (χ0) is 22.3. The SMILES string of the molecule is CC(C)CC1(C)OCC(C2OC(C)(CC(C)C)OC3COC(C)(CC(C)C)OC32)O1. The molecule has 3 aliphatic heterocycles. The summed E-state index contributed by atoms with van der Waals surface area (Å²) in [6.07, 6.45) is 1.56. The van der Waals surface area contributed by atoms with Crippen molar-refractivity contribution < 1.29 is 28.4 Å². The van der Waals surface area contributed by atoms with Gasteiger partial charge in [-0.25, -0.2) is 0 Å². The molecule has 7 atom stereocenters. The van der Waals surface area contributed by atoms with Crippen molar-refractivity contribution in [3.63, 3.8) is 0 Å². The van der Waals surface area contributed by atoms with Gasteiger partial charge in [0.2, 0.25) is 0 Å². The van der Waals surface area contributed by atoms with Crippen molar-refractivity contribution in [3.8, 4) is 0 Å². The van der Waals surface area contributed by atoms with E-state index in [0.29, 0.717) is 31.0 Å². The van der Waals surface area contributed by atoms with Gasteiger partial charge >= 0.3 is 0 Å². The molecule has 6 nitrogen and oxygen atoms in total. The summed E-state index contributed by atoms with van der Waals surface area (Å²) in [6, 6.07) is 0. The first kappa shape index (κ1) is 24.4. The lowest BCUT2D eigenvalue weighted by Crippen LogP contribution is -2.66. The summed E-state index contributed by atoms with van der Waals surface area (Å²) < 4.78 is 38.4. The number of rotatable bonds is 7. The largest absolute Gasteiger partial charge is 0.347 e.